The van der Waals surface area contributed by atoms with Crippen LogP contribution >= 0.6 is 0 Å². The van der Waals surface area contributed by atoms with Crippen molar-refractivity contribution in [2.75, 3.05) is 5.32 Å². The Balaban J connectivity index is 1.87. The van der Waals surface area contributed by atoms with Crippen molar-refractivity contribution >= 4 is 29.4 Å². The molecule has 1 heterocycles. The molecule has 1 amide bonds. The number of hydrogen-bond acceptors (Lipinski definition) is 5. The topological polar surface area (TPSA) is 85.6 Å². The number of rotatable bonds is 6. The fraction of sp³-hybridized carbons (Fsp3) is 0.167. The van der Waals surface area contributed by atoms with Gasteiger partial charge in [-0.3, -0.25) is 9.59 Å². The van der Waals surface area contributed by atoms with Crippen LogP contribution in [0.3, 0.4) is 0 Å². The number of carbonyl (C=O) groups excluding carboxylic acids is 3. The molecule has 6 nitrogen and oxygen atoms in total. The Hall–Kier alpha value is -3.15. The number of nitrogens with one attached hydrogen (secondary N) is 1. The van der Waals surface area contributed by atoms with Crippen molar-refractivity contribution in [2.24, 2.45) is 0 Å². The third-order valence-electron chi connectivity index (χ3n) is 3.15. The molecule has 124 valence electrons. The number of carbonyl (C=O) groups is 3. The van der Waals surface area contributed by atoms with Crippen molar-refractivity contribution in [3.8, 4) is 0 Å². The van der Waals surface area contributed by atoms with Gasteiger partial charge in [-0.15, -0.1) is 0 Å². The zero-order chi connectivity index (χ0) is 17.5. The van der Waals surface area contributed by atoms with Gasteiger partial charge in [0.25, 0.3) is 5.91 Å². The fourth-order valence-electron chi connectivity index (χ4n) is 1.84. The Labute approximate surface area is 139 Å². The second-order valence-corrected chi connectivity index (χ2v) is 5.05. The molecule has 0 aliphatic carbocycles. The number of Topliss-reactive ketones (excluding diaryl/α,β-unsaturated/α-hetero) is 1. The van der Waals surface area contributed by atoms with E-state index in [9.17, 15) is 14.4 Å². The average Bonchev–Trinajstić information content (AvgIpc) is 3.06. The van der Waals surface area contributed by atoms with Gasteiger partial charge in [-0.05, 0) is 56.3 Å². The zero-order valence-electron chi connectivity index (χ0n) is 13.3. The molecule has 1 unspecified atom stereocenters. The Morgan fingerprint density at radius 2 is 1.88 bits per heavy atom. The highest BCUT2D eigenvalue weighted by Gasteiger charge is 2.16. The molecule has 2 rings (SSSR count). The van der Waals surface area contributed by atoms with Crippen molar-refractivity contribution in [1.29, 1.82) is 0 Å². The van der Waals surface area contributed by atoms with E-state index in [-0.39, 0.29) is 5.78 Å². The van der Waals surface area contributed by atoms with Gasteiger partial charge >= 0.3 is 5.97 Å². The van der Waals surface area contributed by atoms with Crippen LogP contribution < -0.4 is 5.32 Å². The minimum absolute atomic E-state index is 0.0569. The van der Waals surface area contributed by atoms with E-state index in [1.807, 2.05) is 0 Å². The van der Waals surface area contributed by atoms with Crippen molar-refractivity contribution in [1.82, 2.24) is 0 Å². The summed E-state index contributed by atoms with van der Waals surface area (Å²) in [7, 11) is 0. The summed E-state index contributed by atoms with van der Waals surface area (Å²) < 4.78 is 10.1. The van der Waals surface area contributed by atoms with Crippen LogP contribution in [0.15, 0.2) is 53.2 Å². The summed E-state index contributed by atoms with van der Waals surface area (Å²) in [6.07, 6.45) is 3.15. The van der Waals surface area contributed by atoms with E-state index in [4.69, 9.17) is 9.15 Å². The SMILES string of the molecule is CC(=O)c1ccc(NC(=O)C(C)OC(=O)/C=C/c2ccco2)cc1. The van der Waals surface area contributed by atoms with Gasteiger partial charge in [0.1, 0.15) is 5.76 Å². The number of anilines is 1. The molecule has 0 aliphatic rings. The van der Waals surface area contributed by atoms with Crippen molar-refractivity contribution in [3.63, 3.8) is 0 Å². The van der Waals surface area contributed by atoms with Gasteiger partial charge in [-0.1, -0.05) is 0 Å². The second kappa shape index (κ2) is 7.92. The van der Waals surface area contributed by atoms with Crippen LogP contribution in [-0.4, -0.2) is 23.8 Å². The number of furan rings is 1. The van der Waals surface area contributed by atoms with E-state index in [1.54, 1.807) is 36.4 Å². The third kappa shape index (κ3) is 4.95. The number of ether oxygens (including phenoxy) is 1. The molecule has 0 fully saturated rings. The molecule has 1 atom stereocenters. The first kappa shape index (κ1) is 17.2. The molecule has 0 radical (unpaired) electrons. The maximum Gasteiger partial charge on any atom is 0.331 e. The highest BCUT2D eigenvalue weighted by molar-refractivity contribution is 5.98. The summed E-state index contributed by atoms with van der Waals surface area (Å²) in [4.78, 5) is 34.9. The minimum Gasteiger partial charge on any atom is -0.465 e. The maximum atomic E-state index is 12.0. The standard InChI is InChI=1S/C18H17NO5/c1-12(20)14-5-7-15(8-6-14)19-18(22)13(2)24-17(21)10-9-16-4-3-11-23-16/h3-11,13H,1-2H3,(H,19,22)/b10-9+. The molecule has 1 aromatic carbocycles. The quantitative estimate of drug-likeness (QED) is 0.500. The first-order chi connectivity index (χ1) is 11.5. The van der Waals surface area contributed by atoms with Crippen molar-refractivity contribution in [2.45, 2.75) is 20.0 Å². The van der Waals surface area contributed by atoms with E-state index in [0.29, 0.717) is 17.0 Å². The number of ketones is 1. The molecule has 0 saturated carbocycles. The monoisotopic (exact) mass is 327 g/mol. The van der Waals surface area contributed by atoms with Crippen molar-refractivity contribution in [3.05, 3.63) is 60.1 Å². The molecular formula is C18H17NO5. The van der Waals surface area contributed by atoms with Crippen LogP contribution in [0.1, 0.15) is 30.0 Å². The summed E-state index contributed by atoms with van der Waals surface area (Å²) in [6.45, 7) is 2.93. The van der Waals surface area contributed by atoms with Gasteiger partial charge in [-0.25, -0.2) is 4.79 Å². The summed E-state index contributed by atoms with van der Waals surface area (Å²) in [5.74, 6) is -0.667. The summed E-state index contributed by atoms with van der Waals surface area (Å²) in [5, 5.41) is 2.61. The molecule has 0 aliphatic heterocycles. The lowest BCUT2D eigenvalue weighted by atomic mass is 10.1. The summed E-state index contributed by atoms with van der Waals surface area (Å²) in [5.41, 5.74) is 1.06. The molecular weight excluding hydrogens is 310 g/mol. The van der Waals surface area contributed by atoms with Crippen LogP contribution in [0.25, 0.3) is 6.08 Å². The molecule has 6 heteroatoms. The Kier molecular flexibility index (Phi) is 5.68. The molecule has 0 bridgehead atoms. The predicted molar refractivity (Wildman–Crippen MR) is 88.4 cm³/mol. The van der Waals surface area contributed by atoms with E-state index in [0.717, 1.165) is 0 Å². The number of hydrogen-bond donors (Lipinski definition) is 1. The summed E-state index contributed by atoms with van der Waals surface area (Å²) in [6, 6.07) is 9.82. The Morgan fingerprint density at radius 3 is 2.46 bits per heavy atom. The van der Waals surface area contributed by atoms with Gasteiger partial charge in [0.15, 0.2) is 11.9 Å². The smallest absolute Gasteiger partial charge is 0.331 e. The van der Waals surface area contributed by atoms with Crippen LogP contribution in [0.2, 0.25) is 0 Å². The normalized spacial score (nSPS) is 11.9. The number of amides is 1. The first-order valence-corrected chi connectivity index (χ1v) is 7.30. The Bertz CT molecular complexity index is 744. The van der Waals surface area contributed by atoms with E-state index < -0.39 is 18.0 Å². The van der Waals surface area contributed by atoms with E-state index >= 15 is 0 Å². The van der Waals surface area contributed by atoms with Gasteiger partial charge < -0.3 is 14.5 Å². The second-order valence-electron chi connectivity index (χ2n) is 5.05. The molecule has 1 N–H and O–H groups in total. The highest BCUT2D eigenvalue weighted by atomic mass is 16.5. The molecule has 0 saturated heterocycles. The van der Waals surface area contributed by atoms with E-state index in [2.05, 4.69) is 5.32 Å². The molecule has 24 heavy (non-hydrogen) atoms. The summed E-state index contributed by atoms with van der Waals surface area (Å²) >= 11 is 0. The largest absolute Gasteiger partial charge is 0.465 e. The third-order valence-corrected chi connectivity index (χ3v) is 3.15. The number of benzene rings is 1. The fourth-order valence-corrected chi connectivity index (χ4v) is 1.84. The van der Waals surface area contributed by atoms with Crippen molar-refractivity contribution < 1.29 is 23.5 Å². The van der Waals surface area contributed by atoms with Crippen LogP contribution in [0, 0.1) is 0 Å². The highest BCUT2D eigenvalue weighted by Crippen LogP contribution is 2.11. The van der Waals surface area contributed by atoms with Gasteiger partial charge in [0.2, 0.25) is 0 Å². The van der Waals surface area contributed by atoms with E-state index in [1.165, 1.54) is 32.3 Å². The lowest BCUT2D eigenvalue weighted by Crippen LogP contribution is -2.29. The number of esters is 1. The minimum atomic E-state index is -0.966. The van der Waals surface area contributed by atoms with Gasteiger partial charge in [0.05, 0.1) is 6.26 Å². The molecule has 2 aromatic rings. The first-order valence-electron chi connectivity index (χ1n) is 7.30. The van der Waals surface area contributed by atoms with Gasteiger partial charge in [-0.2, -0.15) is 0 Å². The Morgan fingerprint density at radius 1 is 1.17 bits per heavy atom. The predicted octanol–water partition coefficient (Wildman–Crippen LogP) is 3.07. The van der Waals surface area contributed by atoms with Gasteiger partial charge in [0, 0.05) is 17.3 Å². The molecule has 0 spiro atoms. The van der Waals surface area contributed by atoms with Crippen LogP contribution in [-0.2, 0) is 14.3 Å². The van der Waals surface area contributed by atoms with Crippen LogP contribution in [0.5, 0.6) is 0 Å². The van der Waals surface area contributed by atoms with Crippen LogP contribution in [0.4, 0.5) is 5.69 Å². The maximum absolute atomic E-state index is 12.0. The average molecular weight is 327 g/mol. The lowest BCUT2D eigenvalue weighted by Gasteiger charge is -2.12. The lowest BCUT2D eigenvalue weighted by molar-refractivity contribution is -0.148. The zero-order valence-corrected chi connectivity index (χ0v) is 13.3. The molecule has 1 aromatic heterocycles.